The fourth-order valence-corrected chi connectivity index (χ4v) is 5.60. The molecule has 6 nitrogen and oxygen atoms in total. The highest BCUT2D eigenvalue weighted by Gasteiger charge is 2.42. The molecule has 1 saturated heterocycles. The second-order valence-corrected chi connectivity index (χ2v) is 10.2. The third-order valence-electron chi connectivity index (χ3n) is 7.36. The molecular formula is C27H27ClF2N4O2. The van der Waals surface area contributed by atoms with Gasteiger partial charge >= 0.3 is 0 Å². The summed E-state index contributed by atoms with van der Waals surface area (Å²) < 4.78 is 29.7. The van der Waals surface area contributed by atoms with E-state index in [0.29, 0.717) is 36.8 Å². The van der Waals surface area contributed by atoms with Crippen LogP contribution in [0.2, 0.25) is 5.02 Å². The average molecular weight is 513 g/mol. The normalized spacial score (nSPS) is 20.8. The van der Waals surface area contributed by atoms with Crippen molar-refractivity contribution in [2.45, 2.75) is 51.4 Å². The minimum Gasteiger partial charge on any atom is -0.342 e. The van der Waals surface area contributed by atoms with E-state index in [1.165, 1.54) is 12.1 Å². The largest absolute Gasteiger partial charge is 0.342 e. The molecule has 1 aliphatic carbocycles. The van der Waals surface area contributed by atoms with Crippen molar-refractivity contribution in [2.24, 2.45) is 5.92 Å². The zero-order valence-corrected chi connectivity index (χ0v) is 20.9. The lowest BCUT2D eigenvalue weighted by atomic mass is 9.86. The highest BCUT2D eigenvalue weighted by atomic mass is 35.5. The fraction of sp³-hybridized carbons (Fsp3) is 0.407. The summed E-state index contributed by atoms with van der Waals surface area (Å²) >= 11 is 6.19. The lowest BCUT2D eigenvalue weighted by molar-refractivity contribution is -0.137. The fourth-order valence-electron chi connectivity index (χ4n) is 5.49. The topological polar surface area (TPSA) is 68.1 Å². The van der Waals surface area contributed by atoms with Gasteiger partial charge in [-0.25, -0.2) is 18.4 Å². The summed E-state index contributed by atoms with van der Waals surface area (Å²) in [5.74, 6) is -1.16. The zero-order valence-electron chi connectivity index (χ0n) is 20.2. The molecule has 0 spiro atoms. The lowest BCUT2D eigenvalue weighted by Crippen LogP contribution is -2.42. The number of benzene rings is 2. The van der Waals surface area contributed by atoms with Crippen LogP contribution in [0.5, 0.6) is 0 Å². The number of hydrogen-bond acceptors (Lipinski definition) is 4. The van der Waals surface area contributed by atoms with Gasteiger partial charge in [0.25, 0.3) is 0 Å². The Kier molecular flexibility index (Phi) is 6.64. The monoisotopic (exact) mass is 512 g/mol. The quantitative estimate of drug-likeness (QED) is 0.476. The maximum Gasteiger partial charge on any atom is 0.226 e. The second kappa shape index (κ2) is 9.73. The van der Waals surface area contributed by atoms with Crippen molar-refractivity contribution in [1.29, 1.82) is 0 Å². The number of Topliss-reactive ketones (excluding diaryl/α,β-unsaturated/α-hetero) is 1. The molecule has 2 aliphatic rings. The Morgan fingerprint density at radius 2 is 1.81 bits per heavy atom. The molecule has 1 amide bonds. The van der Waals surface area contributed by atoms with Crippen molar-refractivity contribution in [1.82, 2.24) is 19.7 Å². The maximum absolute atomic E-state index is 14.5. The zero-order chi connectivity index (χ0) is 25.6. The van der Waals surface area contributed by atoms with Gasteiger partial charge in [0.05, 0.1) is 11.6 Å². The molecular weight excluding hydrogens is 486 g/mol. The van der Waals surface area contributed by atoms with E-state index < -0.39 is 23.5 Å². The van der Waals surface area contributed by atoms with Crippen LogP contribution in [0.15, 0.2) is 36.4 Å². The van der Waals surface area contributed by atoms with E-state index in [2.05, 4.69) is 10.1 Å². The first-order valence-corrected chi connectivity index (χ1v) is 12.5. The Hall–Kier alpha value is -3.13. The molecule has 0 radical (unpaired) electrons. The summed E-state index contributed by atoms with van der Waals surface area (Å²) in [4.78, 5) is 32.2. The minimum absolute atomic E-state index is 0.0706. The van der Waals surface area contributed by atoms with Gasteiger partial charge in [-0.05, 0) is 62.1 Å². The van der Waals surface area contributed by atoms with Crippen molar-refractivity contribution < 1.29 is 18.4 Å². The van der Waals surface area contributed by atoms with Crippen molar-refractivity contribution >= 4 is 23.3 Å². The standard InChI is InChI=1S/C27H27ClF2N4O2/c1-15-11-19(4-6-24(15)28)34-26(31-16(2)32-34)17-7-9-33(10-8-17)27(36)23-14-20(35)13-22(23)21-5-3-18(29)12-25(21)30/h3-6,11-12,17,22-23H,7-10,13-14H2,1-2H3/t22-,23+/m0/s1. The van der Waals surface area contributed by atoms with Gasteiger partial charge in [-0.2, -0.15) is 5.10 Å². The van der Waals surface area contributed by atoms with Gasteiger partial charge in [0.15, 0.2) is 0 Å². The number of piperidine rings is 1. The predicted octanol–water partition coefficient (Wildman–Crippen LogP) is 5.28. The van der Waals surface area contributed by atoms with E-state index >= 15 is 0 Å². The molecule has 2 aromatic carbocycles. The molecule has 2 atom stereocenters. The summed E-state index contributed by atoms with van der Waals surface area (Å²) in [5, 5.41) is 5.28. The van der Waals surface area contributed by atoms with Gasteiger partial charge in [-0.3, -0.25) is 9.59 Å². The number of ketones is 1. The predicted molar refractivity (Wildman–Crippen MR) is 131 cm³/mol. The summed E-state index contributed by atoms with van der Waals surface area (Å²) in [7, 11) is 0. The van der Waals surface area contributed by atoms with Crippen molar-refractivity contribution in [2.75, 3.05) is 13.1 Å². The number of rotatable bonds is 4. The van der Waals surface area contributed by atoms with E-state index in [-0.39, 0.29) is 36.0 Å². The first-order valence-electron chi connectivity index (χ1n) is 12.2. The number of halogens is 3. The van der Waals surface area contributed by atoms with E-state index in [4.69, 9.17) is 11.6 Å². The van der Waals surface area contributed by atoms with Gasteiger partial charge in [-0.1, -0.05) is 17.7 Å². The van der Waals surface area contributed by atoms with E-state index in [1.807, 2.05) is 36.7 Å². The minimum atomic E-state index is -0.710. The highest BCUT2D eigenvalue weighted by Crippen LogP contribution is 2.41. The van der Waals surface area contributed by atoms with Gasteiger partial charge < -0.3 is 4.90 Å². The third kappa shape index (κ3) is 4.66. The summed E-state index contributed by atoms with van der Waals surface area (Å²) in [6.07, 6.45) is 1.58. The van der Waals surface area contributed by atoms with Gasteiger partial charge in [-0.15, -0.1) is 0 Å². The van der Waals surface area contributed by atoms with Crippen LogP contribution in [0.3, 0.4) is 0 Å². The van der Waals surface area contributed by atoms with Crippen LogP contribution in [0.4, 0.5) is 8.78 Å². The number of aryl methyl sites for hydroxylation is 2. The molecule has 1 aliphatic heterocycles. The van der Waals surface area contributed by atoms with E-state index in [1.54, 1.807) is 4.90 Å². The highest BCUT2D eigenvalue weighted by molar-refractivity contribution is 6.31. The average Bonchev–Trinajstić information content (AvgIpc) is 3.43. The van der Waals surface area contributed by atoms with Gasteiger partial charge in [0, 0.05) is 48.9 Å². The Bertz CT molecular complexity index is 1330. The number of likely N-dealkylation sites (tertiary alicyclic amines) is 1. The van der Waals surface area contributed by atoms with Crippen LogP contribution in [0.25, 0.3) is 5.69 Å². The number of hydrogen-bond donors (Lipinski definition) is 0. The van der Waals surface area contributed by atoms with Crippen molar-refractivity contribution in [3.05, 3.63) is 75.8 Å². The first kappa shape index (κ1) is 24.6. The van der Waals surface area contributed by atoms with Gasteiger partial charge in [0.1, 0.15) is 29.1 Å². The van der Waals surface area contributed by atoms with Crippen LogP contribution in [0.1, 0.15) is 60.3 Å². The molecule has 1 saturated carbocycles. The first-order chi connectivity index (χ1) is 17.2. The number of nitrogens with zero attached hydrogens (tertiary/aromatic N) is 4. The lowest BCUT2D eigenvalue weighted by Gasteiger charge is -2.34. The number of carbonyl (C=O) groups is 2. The van der Waals surface area contributed by atoms with Crippen LogP contribution in [-0.4, -0.2) is 44.4 Å². The van der Waals surface area contributed by atoms with Crippen LogP contribution < -0.4 is 0 Å². The van der Waals surface area contributed by atoms with Crippen LogP contribution >= 0.6 is 11.6 Å². The summed E-state index contributed by atoms with van der Waals surface area (Å²) in [6, 6.07) is 9.08. The van der Waals surface area contributed by atoms with Crippen molar-refractivity contribution in [3.8, 4) is 5.69 Å². The molecule has 0 bridgehead atoms. The molecule has 188 valence electrons. The van der Waals surface area contributed by atoms with Crippen LogP contribution in [-0.2, 0) is 9.59 Å². The second-order valence-electron chi connectivity index (χ2n) is 9.79. The Balaban J connectivity index is 1.31. The Morgan fingerprint density at radius 3 is 2.50 bits per heavy atom. The number of carbonyl (C=O) groups excluding carboxylic acids is 2. The molecule has 0 N–H and O–H groups in total. The third-order valence-corrected chi connectivity index (χ3v) is 7.78. The summed E-state index contributed by atoms with van der Waals surface area (Å²) in [6.45, 7) is 4.82. The van der Waals surface area contributed by atoms with Crippen LogP contribution in [0, 0.1) is 31.4 Å². The molecule has 5 rings (SSSR count). The number of amides is 1. The summed E-state index contributed by atoms with van der Waals surface area (Å²) in [5.41, 5.74) is 2.07. The molecule has 9 heteroatoms. The maximum atomic E-state index is 14.5. The van der Waals surface area contributed by atoms with Gasteiger partial charge in [0.2, 0.25) is 5.91 Å². The molecule has 36 heavy (non-hydrogen) atoms. The Morgan fingerprint density at radius 1 is 1.06 bits per heavy atom. The molecule has 2 heterocycles. The van der Waals surface area contributed by atoms with Crippen molar-refractivity contribution in [3.63, 3.8) is 0 Å². The SMILES string of the molecule is Cc1nc(C2CCN(C(=O)[C@@H]3CC(=O)C[C@H]3c3ccc(F)cc3F)CC2)n(-c2ccc(Cl)c(C)c2)n1. The number of aromatic nitrogens is 3. The Labute approximate surface area is 213 Å². The molecule has 3 aromatic rings. The van der Waals surface area contributed by atoms with E-state index in [0.717, 1.165) is 23.1 Å². The molecule has 1 aromatic heterocycles. The molecule has 2 fully saturated rings. The molecule has 0 unspecified atom stereocenters. The van der Waals surface area contributed by atoms with E-state index in [9.17, 15) is 18.4 Å². The smallest absolute Gasteiger partial charge is 0.226 e.